The smallest absolute Gasteiger partial charge is 0.142 e. The van der Waals surface area contributed by atoms with Crippen LogP contribution in [0.5, 0.6) is 0 Å². The molecule has 0 amide bonds. The van der Waals surface area contributed by atoms with Gasteiger partial charge in [0.1, 0.15) is 23.4 Å². The number of aromatic amines is 2. The van der Waals surface area contributed by atoms with E-state index in [1.807, 2.05) is 42.9 Å². The fourth-order valence-electron chi connectivity index (χ4n) is 7.61. The molecule has 0 aliphatic carbocycles. The lowest BCUT2D eigenvalue weighted by Crippen LogP contribution is -2.67. The Kier molecular flexibility index (Phi) is 8.46. The average Bonchev–Trinajstić information content (AvgIpc) is 3.81. The monoisotopic (exact) mass is 679 g/mol. The van der Waals surface area contributed by atoms with Crippen molar-refractivity contribution in [1.82, 2.24) is 35.8 Å². The Bertz CT molecular complexity index is 2000. The standard InChI is InChI=1S/C37H39Cl2N9/c38-28-7-5-26(6-8-28)23-36(12-19-47(20-13-36)32-11-18-42-33-29(32)9-16-40-33)45-46-37(24-27-3-1-2-4-31(27)39)14-21-48(22-15-37)35-30-10-17-41-34(30)43-25-44-35/h1-11,16-18,25,45-46H,12-15,19-24H2,(H,40,42)(H,41,43,44). The lowest BCUT2D eigenvalue weighted by molar-refractivity contribution is 0.146. The van der Waals surface area contributed by atoms with E-state index < -0.39 is 0 Å². The molecule has 0 atom stereocenters. The second-order valence-corrected chi connectivity index (χ2v) is 14.2. The molecule has 8 rings (SSSR count). The molecule has 6 aromatic rings. The third-order valence-electron chi connectivity index (χ3n) is 10.4. The van der Waals surface area contributed by atoms with E-state index in [0.29, 0.717) is 0 Å². The van der Waals surface area contributed by atoms with Gasteiger partial charge in [-0.3, -0.25) is 10.9 Å². The fourth-order valence-corrected chi connectivity index (χ4v) is 7.94. The van der Waals surface area contributed by atoms with Crippen LogP contribution in [0.25, 0.3) is 22.1 Å². The van der Waals surface area contributed by atoms with E-state index in [-0.39, 0.29) is 11.1 Å². The number of rotatable bonds is 9. The van der Waals surface area contributed by atoms with E-state index in [1.165, 1.54) is 16.6 Å². The molecule has 2 aliphatic heterocycles. The Morgan fingerprint density at radius 3 is 2.04 bits per heavy atom. The van der Waals surface area contributed by atoms with E-state index in [1.54, 1.807) is 6.33 Å². The van der Waals surface area contributed by atoms with Crippen LogP contribution >= 0.6 is 23.2 Å². The zero-order chi connectivity index (χ0) is 32.6. The van der Waals surface area contributed by atoms with Crippen molar-refractivity contribution < 1.29 is 0 Å². The molecule has 48 heavy (non-hydrogen) atoms. The van der Waals surface area contributed by atoms with E-state index in [2.05, 4.69) is 83.1 Å². The van der Waals surface area contributed by atoms with Gasteiger partial charge in [-0.05, 0) is 86.1 Å². The van der Waals surface area contributed by atoms with Crippen molar-refractivity contribution in [2.45, 2.75) is 49.6 Å². The zero-order valence-corrected chi connectivity index (χ0v) is 28.2. The Morgan fingerprint density at radius 1 is 0.667 bits per heavy atom. The maximum Gasteiger partial charge on any atom is 0.142 e. The fraction of sp³-hybridized carbons (Fsp3) is 0.324. The number of hydrogen-bond acceptors (Lipinski definition) is 7. The van der Waals surface area contributed by atoms with Crippen molar-refractivity contribution >= 4 is 56.8 Å². The summed E-state index contributed by atoms with van der Waals surface area (Å²) in [6, 6.07) is 22.9. The number of nitrogens with one attached hydrogen (secondary N) is 4. The molecular formula is C37H39Cl2N9. The first-order valence-corrected chi connectivity index (χ1v) is 17.5. The number of benzene rings is 2. The summed E-state index contributed by atoms with van der Waals surface area (Å²) >= 11 is 13.1. The number of fused-ring (bicyclic) bond motifs is 2. The molecule has 2 saturated heterocycles. The van der Waals surface area contributed by atoms with Crippen LogP contribution < -0.4 is 20.7 Å². The van der Waals surface area contributed by atoms with Gasteiger partial charge in [0.25, 0.3) is 0 Å². The maximum absolute atomic E-state index is 6.78. The quantitative estimate of drug-likeness (QED) is 0.121. The molecule has 246 valence electrons. The minimum absolute atomic E-state index is 0.164. The third kappa shape index (κ3) is 6.23. The van der Waals surface area contributed by atoms with Crippen LogP contribution in [0.2, 0.25) is 10.0 Å². The lowest BCUT2D eigenvalue weighted by Gasteiger charge is -2.49. The highest BCUT2D eigenvalue weighted by atomic mass is 35.5. The van der Waals surface area contributed by atoms with Gasteiger partial charge in [-0.1, -0.05) is 53.5 Å². The lowest BCUT2D eigenvalue weighted by atomic mass is 9.80. The molecule has 0 saturated carbocycles. The van der Waals surface area contributed by atoms with Crippen LogP contribution in [0.1, 0.15) is 36.8 Å². The van der Waals surface area contributed by atoms with Crippen molar-refractivity contribution in [3.8, 4) is 0 Å². The molecule has 11 heteroatoms. The first-order chi connectivity index (χ1) is 23.5. The average molecular weight is 681 g/mol. The van der Waals surface area contributed by atoms with Crippen molar-refractivity contribution in [2.75, 3.05) is 36.0 Å². The molecule has 4 N–H and O–H groups in total. The van der Waals surface area contributed by atoms with Crippen LogP contribution in [0.4, 0.5) is 11.5 Å². The summed E-state index contributed by atoms with van der Waals surface area (Å²) in [7, 11) is 0. The predicted molar refractivity (Wildman–Crippen MR) is 195 cm³/mol. The van der Waals surface area contributed by atoms with Crippen molar-refractivity contribution in [2.24, 2.45) is 0 Å². The van der Waals surface area contributed by atoms with Gasteiger partial charge in [0.05, 0.1) is 5.39 Å². The van der Waals surface area contributed by atoms with E-state index in [0.717, 1.165) is 103 Å². The third-order valence-corrected chi connectivity index (χ3v) is 11.0. The van der Waals surface area contributed by atoms with Crippen LogP contribution in [-0.4, -0.2) is 62.2 Å². The molecule has 9 nitrogen and oxygen atoms in total. The van der Waals surface area contributed by atoms with Crippen molar-refractivity contribution in [3.63, 3.8) is 0 Å². The van der Waals surface area contributed by atoms with Gasteiger partial charge in [0, 0.05) is 77.0 Å². The van der Waals surface area contributed by atoms with E-state index >= 15 is 0 Å². The maximum atomic E-state index is 6.78. The normalized spacial score (nSPS) is 17.7. The van der Waals surface area contributed by atoms with Gasteiger partial charge in [-0.15, -0.1) is 0 Å². The molecule has 0 spiro atoms. The summed E-state index contributed by atoms with van der Waals surface area (Å²) in [5.41, 5.74) is 13.1. The highest BCUT2D eigenvalue weighted by molar-refractivity contribution is 6.31. The second kappa shape index (κ2) is 13.0. The Hall–Kier alpha value is -4.15. The summed E-state index contributed by atoms with van der Waals surface area (Å²) in [5.74, 6) is 0.986. The summed E-state index contributed by atoms with van der Waals surface area (Å²) in [6.07, 6.45) is 13.0. The van der Waals surface area contributed by atoms with Crippen LogP contribution in [0, 0.1) is 0 Å². The number of H-pyrrole nitrogens is 2. The SMILES string of the molecule is Clc1ccc(CC2(NNC3(Cc4ccccc4Cl)CCN(c4ncnc5[nH]ccc45)CC3)CCN(c3ccnc4[nH]ccc34)CC2)cc1. The molecule has 0 radical (unpaired) electrons. The van der Waals surface area contributed by atoms with Crippen LogP contribution in [0.3, 0.4) is 0 Å². The van der Waals surface area contributed by atoms with Gasteiger partial charge in [0.15, 0.2) is 0 Å². The number of halogens is 2. The van der Waals surface area contributed by atoms with E-state index in [9.17, 15) is 0 Å². The highest BCUT2D eigenvalue weighted by Gasteiger charge is 2.41. The number of piperidine rings is 2. The largest absolute Gasteiger partial charge is 0.371 e. The molecule has 6 heterocycles. The van der Waals surface area contributed by atoms with Gasteiger partial charge >= 0.3 is 0 Å². The van der Waals surface area contributed by atoms with E-state index in [4.69, 9.17) is 28.2 Å². The molecule has 2 aromatic carbocycles. The number of hydrazine groups is 1. The summed E-state index contributed by atoms with van der Waals surface area (Å²) in [4.78, 5) is 25.0. The summed E-state index contributed by atoms with van der Waals surface area (Å²) in [6.45, 7) is 3.59. The summed E-state index contributed by atoms with van der Waals surface area (Å²) < 4.78 is 0. The Labute approximate surface area is 290 Å². The van der Waals surface area contributed by atoms with Gasteiger partial charge in [-0.25, -0.2) is 15.0 Å². The van der Waals surface area contributed by atoms with Crippen LogP contribution in [0.15, 0.2) is 91.6 Å². The van der Waals surface area contributed by atoms with Gasteiger partial charge in [-0.2, -0.15) is 0 Å². The molecule has 0 unspecified atom stereocenters. The van der Waals surface area contributed by atoms with Crippen molar-refractivity contribution in [3.05, 3.63) is 113 Å². The van der Waals surface area contributed by atoms with Gasteiger partial charge < -0.3 is 19.8 Å². The molecule has 0 bridgehead atoms. The minimum atomic E-state index is -0.210. The Morgan fingerprint density at radius 2 is 1.31 bits per heavy atom. The first kappa shape index (κ1) is 31.1. The summed E-state index contributed by atoms with van der Waals surface area (Å²) in [5, 5.41) is 3.79. The minimum Gasteiger partial charge on any atom is -0.371 e. The number of aromatic nitrogens is 5. The molecule has 2 aliphatic rings. The number of anilines is 2. The first-order valence-electron chi connectivity index (χ1n) is 16.7. The zero-order valence-electron chi connectivity index (χ0n) is 26.7. The topological polar surface area (TPSA) is 101 Å². The van der Waals surface area contributed by atoms with Gasteiger partial charge in [0.2, 0.25) is 0 Å². The molecular weight excluding hydrogens is 641 g/mol. The number of hydrogen-bond donors (Lipinski definition) is 4. The second-order valence-electron chi connectivity index (χ2n) is 13.4. The number of pyridine rings is 1. The predicted octanol–water partition coefficient (Wildman–Crippen LogP) is 7.10. The highest BCUT2D eigenvalue weighted by Crippen LogP contribution is 2.36. The molecule has 2 fully saturated rings. The van der Waals surface area contributed by atoms with Crippen LogP contribution in [-0.2, 0) is 12.8 Å². The Balaban J connectivity index is 1.06. The van der Waals surface area contributed by atoms with Crippen molar-refractivity contribution in [1.29, 1.82) is 0 Å². The number of nitrogens with zero attached hydrogens (tertiary/aromatic N) is 5. The molecule has 4 aromatic heterocycles.